The molecule has 0 saturated heterocycles. The Kier molecular flexibility index (Phi) is 9.12. The van der Waals surface area contributed by atoms with E-state index in [1.807, 2.05) is 0 Å². The molecule has 2 heteroatoms. The van der Waals surface area contributed by atoms with E-state index in [1.54, 1.807) is 7.11 Å². The Balaban J connectivity index is 3.93. The van der Waals surface area contributed by atoms with Crippen LogP contribution in [0.5, 0.6) is 0 Å². The standard InChI is InChI=1S/C13H29NO/c1-5-10-14-12-13(6-2,7-3)9-8-11-15-4/h14H,5-12H2,1-4H3. The second kappa shape index (κ2) is 9.17. The van der Waals surface area contributed by atoms with E-state index >= 15 is 0 Å². The number of nitrogens with one attached hydrogen (secondary N) is 1. The van der Waals surface area contributed by atoms with Crippen molar-refractivity contribution in [3.05, 3.63) is 0 Å². The lowest BCUT2D eigenvalue weighted by molar-refractivity contribution is 0.156. The maximum Gasteiger partial charge on any atom is 0.0462 e. The molecule has 0 aromatic rings. The molecule has 0 unspecified atom stereocenters. The molecule has 0 aliphatic rings. The van der Waals surface area contributed by atoms with Crippen LogP contribution >= 0.6 is 0 Å². The summed E-state index contributed by atoms with van der Waals surface area (Å²) in [5, 5.41) is 3.56. The van der Waals surface area contributed by atoms with Crippen LogP contribution in [0.1, 0.15) is 52.9 Å². The highest BCUT2D eigenvalue weighted by atomic mass is 16.5. The average Bonchev–Trinajstić information content (AvgIpc) is 2.28. The van der Waals surface area contributed by atoms with Gasteiger partial charge in [0.25, 0.3) is 0 Å². The van der Waals surface area contributed by atoms with Crippen LogP contribution in [0.2, 0.25) is 0 Å². The SMILES string of the molecule is CCCNCC(CC)(CC)CCCOC. The highest BCUT2D eigenvalue weighted by Crippen LogP contribution is 2.31. The van der Waals surface area contributed by atoms with Crippen LogP contribution in [-0.4, -0.2) is 26.8 Å². The number of ether oxygens (including phenoxy) is 1. The lowest BCUT2D eigenvalue weighted by atomic mass is 9.78. The summed E-state index contributed by atoms with van der Waals surface area (Å²) >= 11 is 0. The van der Waals surface area contributed by atoms with E-state index in [4.69, 9.17) is 4.74 Å². The molecule has 0 aromatic heterocycles. The van der Waals surface area contributed by atoms with Crippen molar-refractivity contribution in [2.75, 3.05) is 26.8 Å². The molecule has 0 atom stereocenters. The maximum atomic E-state index is 5.13. The molecule has 0 bridgehead atoms. The number of hydrogen-bond acceptors (Lipinski definition) is 2. The van der Waals surface area contributed by atoms with Crippen molar-refractivity contribution in [1.82, 2.24) is 5.32 Å². The molecule has 1 N–H and O–H groups in total. The van der Waals surface area contributed by atoms with E-state index in [-0.39, 0.29) is 0 Å². The fourth-order valence-corrected chi connectivity index (χ4v) is 2.06. The lowest BCUT2D eigenvalue weighted by Crippen LogP contribution is -2.34. The Morgan fingerprint density at radius 1 is 1.13 bits per heavy atom. The Hall–Kier alpha value is -0.0800. The van der Waals surface area contributed by atoms with E-state index < -0.39 is 0 Å². The van der Waals surface area contributed by atoms with Gasteiger partial charge in [-0.2, -0.15) is 0 Å². The third-order valence-corrected chi connectivity index (χ3v) is 3.48. The smallest absolute Gasteiger partial charge is 0.0462 e. The van der Waals surface area contributed by atoms with Crippen LogP contribution in [-0.2, 0) is 4.74 Å². The molecule has 0 radical (unpaired) electrons. The molecule has 0 rings (SSSR count). The predicted molar refractivity (Wildman–Crippen MR) is 67.3 cm³/mol. The van der Waals surface area contributed by atoms with E-state index in [9.17, 15) is 0 Å². The van der Waals surface area contributed by atoms with E-state index in [0.717, 1.165) is 19.7 Å². The minimum absolute atomic E-state index is 0.494. The van der Waals surface area contributed by atoms with E-state index in [0.29, 0.717) is 5.41 Å². The van der Waals surface area contributed by atoms with Gasteiger partial charge >= 0.3 is 0 Å². The molecular weight excluding hydrogens is 186 g/mol. The van der Waals surface area contributed by atoms with Crippen molar-refractivity contribution in [3.63, 3.8) is 0 Å². The summed E-state index contributed by atoms with van der Waals surface area (Å²) in [6.07, 6.45) is 6.23. The van der Waals surface area contributed by atoms with Gasteiger partial charge in [0.1, 0.15) is 0 Å². The minimum Gasteiger partial charge on any atom is -0.385 e. The average molecular weight is 215 g/mol. The Morgan fingerprint density at radius 3 is 2.27 bits per heavy atom. The zero-order valence-corrected chi connectivity index (χ0v) is 11.1. The van der Waals surface area contributed by atoms with Crippen LogP contribution in [0.4, 0.5) is 0 Å². The van der Waals surface area contributed by atoms with Gasteiger partial charge in [-0.25, -0.2) is 0 Å². The van der Waals surface area contributed by atoms with Gasteiger partial charge in [0.15, 0.2) is 0 Å². The summed E-state index contributed by atoms with van der Waals surface area (Å²) in [7, 11) is 1.79. The van der Waals surface area contributed by atoms with Crippen molar-refractivity contribution in [2.24, 2.45) is 5.41 Å². The van der Waals surface area contributed by atoms with Crippen molar-refractivity contribution >= 4 is 0 Å². The normalized spacial score (nSPS) is 12.0. The first-order valence-corrected chi connectivity index (χ1v) is 6.44. The summed E-state index contributed by atoms with van der Waals surface area (Å²) in [6.45, 7) is 10.0. The molecule has 0 amide bonds. The summed E-state index contributed by atoms with van der Waals surface area (Å²) in [5.74, 6) is 0. The summed E-state index contributed by atoms with van der Waals surface area (Å²) in [4.78, 5) is 0. The quantitative estimate of drug-likeness (QED) is 0.565. The maximum absolute atomic E-state index is 5.13. The highest BCUT2D eigenvalue weighted by Gasteiger charge is 2.24. The first-order valence-electron chi connectivity index (χ1n) is 6.44. The molecule has 0 fully saturated rings. The summed E-state index contributed by atoms with van der Waals surface area (Å²) in [6, 6.07) is 0. The third-order valence-electron chi connectivity index (χ3n) is 3.48. The molecule has 0 spiro atoms. The van der Waals surface area contributed by atoms with Gasteiger partial charge in [0.2, 0.25) is 0 Å². The molecule has 0 aliphatic carbocycles. The highest BCUT2D eigenvalue weighted by molar-refractivity contribution is 4.79. The Morgan fingerprint density at radius 2 is 1.80 bits per heavy atom. The van der Waals surface area contributed by atoms with Gasteiger partial charge in [-0.15, -0.1) is 0 Å². The zero-order valence-electron chi connectivity index (χ0n) is 11.1. The molecule has 0 heterocycles. The minimum atomic E-state index is 0.494. The molecule has 2 nitrogen and oxygen atoms in total. The topological polar surface area (TPSA) is 21.3 Å². The largest absolute Gasteiger partial charge is 0.385 e. The van der Waals surface area contributed by atoms with Gasteiger partial charge < -0.3 is 10.1 Å². The number of rotatable bonds is 10. The molecule has 0 aliphatic heterocycles. The zero-order chi connectivity index (χ0) is 11.6. The van der Waals surface area contributed by atoms with Crippen LogP contribution in [0.25, 0.3) is 0 Å². The molecule has 0 saturated carbocycles. The van der Waals surface area contributed by atoms with Crippen molar-refractivity contribution < 1.29 is 4.74 Å². The third kappa shape index (κ3) is 6.16. The van der Waals surface area contributed by atoms with Gasteiger partial charge in [-0.1, -0.05) is 20.8 Å². The second-order valence-electron chi connectivity index (χ2n) is 4.48. The van der Waals surface area contributed by atoms with Crippen molar-refractivity contribution in [3.8, 4) is 0 Å². The van der Waals surface area contributed by atoms with E-state index in [2.05, 4.69) is 26.1 Å². The molecule has 0 aromatic carbocycles. The van der Waals surface area contributed by atoms with Crippen molar-refractivity contribution in [1.29, 1.82) is 0 Å². The number of hydrogen-bond donors (Lipinski definition) is 1. The predicted octanol–water partition coefficient (Wildman–Crippen LogP) is 3.22. The lowest BCUT2D eigenvalue weighted by Gasteiger charge is -2.32. The monoisotopic (exact) mass is 215 g/mol. The fraction of sp³-hybridized carbons (Fsp3) is 1.00. The molecular formula is C13H29NO. The molecule has 92 valence electrons. The van der Waals surface area contributed by atoms with Crippen LogP contribution in [0.3, 0.4) is 0 Å². The molecule has 15 heavy (non-hydrogen) atoms. The van der Waals surface area contributed by atoms with Crippen molar-refractivity contribution in [2.45, 2.75) is 52.9 Å². The van der Waals surface area contributed by atoms with E-state index in [1.165, 1.54) is 32.1 Å². The summed E-state index contributed by atoms with van der Waals surface area (Å²) < 4.78 is 5.13. The van der Waals surface area contributed by atoms with Crippen LogP contribution < -0.4 is 5.32 Å². The Bertz CT molecular complexity index is 120. The van der Waals surface area contributed by atoms with Gasteiger partial charge in [-0.3, -0.25) is 0 Å². The first-order chi connectivity index (χ1) is 7.24. The summed E-state index contributed by atoms with van der Waals surface area (Å²) in [5.41, 5.74) is 0.494. The number of methoxy groups -OCH3 is 1. The van der Waals surface area contributed by atoms with Crippen LogP contribution in [0.15, 0.2) is 0 Å². The Labute approximate surface area is 95.8 Å². The first kappa shape index (κ1) is 14.9. The second-order valence-corrected chi connectivity index (χ2v) is 4.48. The van der Waals surface area contributed by atoms with Gasteiger partial charge in [-0.05, 0) is 44.1 Å². The van der Waals surface area contributed by atoms with Crippen LogP contribution in [0, 0.1) is 5.41 Å². The fourth-order valence-electron chi connectivity index (χ4n) is 2.06. The van der Waals surface area contributed by atoms with Gasteiger partial charge in [0.05, 0.1) is 0 Å². The van der Waals surface area contributed by atoms with Gasteiger partial charge in [0, 0.05) is 20.3 Å².